The molecule has 0 unspecified atom stereocenters. The second-order valence-corrected chi connectivity index (χ2v) is 5.44. The van der Waals surface area contributed by atoms with Crippen LogP contribution in [0.25, 0.3) is 0 Å². The molecular formula is C17H31IN4O2. The summed E-state index contributed by atoms with van der Waals surface area (Å²) in [6, 6.07) is 7.92. The van der Waals surface area contributed by atoms with Gasteiger partial charge in [-0.05, 0) is 33.5 Å². The van der Waals surface area contributed by atoms with Gasteiger partial charge in [0.1, 0.15) is 12.4 Å². The average Bonchev–Trinajstić information content (AvgIpc) is 2.53. The van der Waals surface area contributed by atoms with Gasteiger partial charge in [0.25, 0.3) is 0 Å². The molecule has 0 aliphatic carbocycles. The first-order valence-corrected chi connectivity index (χ1v) is 8.10. The molecule has 0 bridgehead atoms. The third kappa shape index (κ3) is 10.7. The van der Waals surface area contributed by atoms with Crippen LogP contribution in [0.5, 0.6) is 5.75 Å². The largest absolute Gasteiger partial charge is 0.492 e. The molecule has 3 N–H and O–H groups in total. The molecule has 0 fully saturated rings. The molecule has 0 saturated carbocycles. The number of hydrogen-bond donors (Lipinski definition) is 2. The van der Waals surface area contributed by atoms with Gasteiger partial charge in [-0.15, -0.1) is 24.0 Å². The fraction of sp³-hybridized carbons (Fsp3) is 0.588. The number of hydrogen-bond acceptors (Lipinski definition) is 4. The van der Waals surface area contributed by atoms with Crippen LogP contribution in [0.4, 0.5) is 0 Å². The molecule has 0 aliphatic heterocycles. The molecule has 0 radical (unpaired) electrons. The number of benzene rings is 1. The normalized spacial score (nSPS) is 11.2. The molecule has 0 spiro atoms. The third-order valence-corrected chi connectivity index (χ3v) is 3.16. The van der Waals surface area contributed by atoms with E-state index in [0.717, 1.165) is 44.0 Å². The lowest BCUT2D eigenvalue weighted by Gasteiger charge is -2.13. The Morgan fingerprint density at radius 3 is 2.71 bits per heavy atom. The number of ether oxygens (including phenoxy) is 2. The Balaban J connectivity index is 0.00000529. The molecule has 0 atom stereocenters. The molecule has 138 valence electrons. The molecule has 0 heterocycles. The van der Waals surface area contributed by atoms with Gasteiger partial charge in [-0.2, -0.15) is 0 Å². The minimum absolute atomic E-state index is 0. The Labute approximate surface area is 162 Å². The van der Waals surface area contributed by atoms with Gasteiger partial charge in [0.15, 0.2) is 5.96 Å². The number of para-hydroxylation sites is 1. The van der Waals surface area contributed by atoms with Crippen LogP contribution in [0.15, 0.2) is 29.3 Å². The van der Waals surface area contributed by atoms with Gasteiger partial charge in [-0.1, -0.05) is 18.2 Å². The lowest BCUT2D eigenvalue weighted by atomic mass is 10.2. The number of aliphatic imine (C=N–C) groups is 1. The number of likely N-dealkylation sites (N-methyl/N-ethyl adjacent to an activating group) is 1. The highest BCUT2D eigenvalue weighted by atomic mass is 127. The molecule has 6 nitrogen and oxygen atoms in total. The van der Waals surface area contributed by atoms with E-state index in [9.17, 15) is 0 Å². The molecule has 1 aromatic rings. The topological polar surface area (TPSA) is 72.1 Å². The first-order valence-electron chi connectivity index (χ1n) is 8.10. The summed E-state index contributed by atoms with van der Waals surface area (Å²) in [5, 5.41) is 3.09. The van der Waals surface area contributed by atoms with Gasteiger partial charge in [-0.25, -0.2) is 4.99 Å². The summed E-state index contributed by atoms with van der Waals surface area (Å²) in [5.41, 5.74) is 6.91. The van der Waals surface area contributed by atoms with E-state index in [0.29, 0.717) is 19.1 Å². The molecule has 0 amide bonds. The van der Waals surface area contributed by atoms with Crippen molar-refractivity contribution in [2.75, 3.05) is 47.0 Å². The molecule has 0 saturated heterocycles. The summed E-state index contributed by atoms with van der Waals surface area (Å²) in [6.07, 6.45) is 0.911. The van der Waals surface area contributed by atoms with Crippen molar-refractivity contribution in [1.82, 2.24) is 10.2 Å². The maximum atomic E-state index is 5.88. The molecule has 1 rings (SSSR count). The fourth-order valence-corrected chi connectivity index (χ4v) is 1.87. The van der Waals surface area contributed by atoms with Crippen LogP contribution >= 0.6 is 24.0 Å². The highest BCUT2D eigenvalue weighted by Gasteiger charge is 2.03. The number of halogens is 1. The van der Waals surface area contributed by atoms with Crippen molar-refractivity contribution >= 4 is 29.9 Å². The quantitative estimate of drug-likeness (QED) is 0.234. The molecule has 0 aromatic heterocycles. The molecule has 7 heteroatoms. The average molecular weight is 450 g/mol. The first-order chi connectivity index (χ1) is 11.1. The minimum atomic E-state index is 0. The van der Waals surface area contributed by atoms with Crippen molar-refractivity contribution in [1.29, 1.82) is 0 Å². The van der Waals surface area contributed by atoms with Crippen molar-refractivity contribution in [3.63, 3.8) is 0 Å². The Morgan fingerprint density at radius 2 is 2.00 bits per heavy atom. The second kappa shape index (κ2) is 14.3. The Hall–Kier alpha value is -1.06. The fourth-order valence-electron chi connectivity index (χ4n) is 1.87. The van der Waals surface area contributed by atoms with Crippen molar-refractivity contribution in [2.24, 2.45) is 10.7 Å². The second-order valence-electron chi connectivity index (χ2n) is 5.44. The molecule has 0 aliphatic rings. The van der Waals surface area contributed by atoms with E-state index in [2.05, 4.69) is 15.2 Å². The van der Waals surface area contributed by atoms with Gasteiger partial charge in [0.05, 0.1) is 6.54 Å². The van der Waals surface area contributed by atoms with Crippen LogP contribution in [-0.4, -0.2) is 57.9 Å². The zero-order valence-corrected chi connectivity index (χ0v) is 17.3. The number of guanidine groups is 1. The van der Waals surface area contributed by atoms with E-state index >= 15 is 0 Å². The van der Waals surface area contributed by atoms with Crippen molar-refractivity contribution in [3.05, 3.63) is 29.8 Å². The maximum absolute atomic E-state index is 5.88. The third-order valence-electron chi connectivity index (χ3n) is 3.16. The van der Waals surface area contributed by atoms with Gasteiger partial charge in [0, 0.05) is 31.9 Å². The number of nitrogens with two attached hydrogens (primary N) is 1. The van der Waals surface area contributed by atoms with Crippen molar-refractivity contribution in [3.8, 4) is 5.75 Å². The van der Waals surface area contributed by atoms with Gasteiger partial charge >= 0.3 is 0 Å². The van der Waals surface area contributed by atoms with Crippen LogP contribution < -0.4 is 15.8 Å². The molecular weight excluding hydrogens is 419 g/mol. The lowest BCUT2D eigenvalue weighted by molar-refractivity contribution is 0.145. The highest BCUT2D eigenvalue weighted by molar-refractivity contribution is 14.0. The van der Waals surface area contributed by atoms with Crippen LogP contribution in [0.1, 0.15) is 18.9 Å². The predicted molar refractivity (Wildman–Crippen MR) is 110 cm³/mol. The van der Waals surface area contributed by atoms with Gasteiger partial charge in [-0.3, -0.25) is 0 Å². The van der Waals surface area contributed by atoms with E-state index in [4.69, 9.17) is 15.2 Å². The summed E-state index contributed by atoms with van der Waals surface area (Å²) in [5.74, 6) is 1.31. The van der Waals surface area contributed by atoms with Crippen LogP contribution in [-0.2, 0) is 11.3 Å². The summed E-state index contributed by atoms with van der Waals surface area (Å²) in [4.78, 5) is 6.46. The van der Waals surface area contributed by atoms with E-state index in [1.165, 1.54) is 0 Å². The highest BCUT2D eigenvalue weighted by Crippen LogP contribution is 2.18. The number of rotatable bonds is 11. The van der Waals surface area contributed by atoms with E-state index in [1.54, 1.807) is 0 Å². The summed E-state index contributed by atoms with van der Waals surface area (Å²) >= 11 is 0. The van der Waals surface area contributed by atoms with Crippen LogP contribution in [0.3, 0.4) is 0 Å². The van der Waals surface area contributed by atoms with Crippen molar-refractivity contribution in [2.45, 2.75) is 19.9 Å². The van der Waals surface area contributed by atoms with E-state index in [-0.39, 0.29) is 24.0 Å². The first kappa shape index (κ1) is 22.9. The van der Waals surface area contributed by atoms with Gasteiger partial charge < -0.3 is 25.4 Å². The van der Waals surface area contributed by atoms with Crippen LogP contribution in [0, 0.1) is 0 Å². The number of nitrogens with zero attached hydrogens (tertiary/aromatic N) is 2. The molecule has 24 heavy (non-hydrogen) atoms. The van der Waals surface area contributed by atoms with Crippen LogP contribution in [0.2, 0.25) is 0 Å². The standard InChI is InChI=1S/C17H30N4O2.HI/c1-4-22-12-7-10-19-17(18)20-14-15-8-5-6-9-16(15)23-13-11-21(2)3;/h5-6,8-9H,4,7,10-14H2,1-3H3,(H3,18,19,20);1H. The minimum Gasteiger partial charge on any atom is -0.492 e. The SMILES string of the molecule is CCOCCCNC(N)=NCc1ccccc1OCCN(C)C.I. The van der Waals surface area contributed by atoms with Crippen molar-refractivity contribution < 1.29 is 9.47 Å². The Bertz CT molecular complexity index is 470. The lowest BCUT2D eigenvalue weighted by Crippen LogP contribution is -2.32. The predicted octanol–water partition coefficient (Wildman–Crippen LogP) is 2.08. The maximum Gasteiger partial charge on any atom is 0.188 e. The van der Waals surface area contributed by atoms with E-state index in [1.807, 2.05) is 45.3 Å². The van der Waals surface area contributed by atoms with Gasteiger partial charge in [0.2, 0.25) is 0 Å². The number of nitrogens with one attached hydrogen (secondary N) is 1. The van der Waals surface area contributed by atoms with E-state index < -0.39 is 0 Å². The zero-order chi connectivity index (χ0) is 16.9. The molecule has 1 aromatic carbocycles. The smallest absolute Gasteiger partial charge is 0.188 e. The Kier molecular flexibility index (Phi) is 13.7. The monoisotopic (exact) mass is 450 g/mol. The zero-order valence-electron chi connectivity index (χ0n) is 15.0. The summed E-state index contributed by atoms with van der Waals surface area (Å²) in [6.45, 7) is 6.26. The summed E-state index contributed by atoms with van der Waals surface area (Å²) < 4.78 is 11.1. The Morgan fingerprint density at radius 1 is 1.25 bits per heavy atom. The summed E-state index contributed by atoms with van der Waals surface area (Å²) in [7, 11) is 4.05.